The molecule has 0 spiro atoms. The Morgan fingerprint density at radius 1 is 1.24 bits per heavy atom. The highest BCUT2D eigenvalue weighted by Crippen LogP contribution is 2.31. The van der Waals surface area contributed by atoms with Crippen molar-refractivity contribution in [1.29, 1.82) is 0 Å². The Hall–Kier alpha value is -1.86. The predicted molar refractivity (Wildman–Crippen MR) is 96.7 cm³/mol. The third-order valence-electron chi connectivity index (χ3n) is 5.52. The van der Waals surface area contributed by atoms with Crippen LogP contribution in [0.5, 0.6) is 0 Å². The number of nitrogens with one attached hydrogen (secondary N) is 1. The lowest BCUT2D eigenvalue weighted by Crippen LogP contribution is -2.38. The van der Waals surface area contributed by atoms with Gasteiger partial charge in [-0.15, -0.1) is 0 Å². The Kier molecular flexibility index (Phi) is 4.52. The zero-order valence-corrected chi connectivity index (χ0v) is 15.5. The number of aromatic nitrogens is 4. The van der Waals surface area contributed by atoms with E-state index in [0.717, 1.165) is 45.0 Å². The van der Waals surface area contributed by atoms with Gasteiger partial charge in [-0.05, 0) is 26.2 Å². The molecule has 1 aliphatic heterocycles. The molecular formula is C18H28N6O. The molecule has 2 aromatic heterocycles. The standard InChI is InChI=1S/C18H28N6O/c1-13-14(18(23(3)21-13)24-7-9-25-10-8-24)11-19-16-5-4-6-17-15(16)12-20-22(17)2/h12,16,19H,4-11H2,1-3H3. The molecule has 0 bridgehead atoms. The number of rotatable bonds is 4. The molecule has 0 amide bonds. The van der Waals surface area contributed by atoms with Crippen molar-refractivity contribution in [1.82, 2.24) is 24.9 Å². The van der Waals surface area contributed by atoms with Crippen LogP contribution in [-0.4, -0.2) is 45.9 Å². The minimum absolute atomic E-state index is 0.384. The summed E-state index contributed by atoms with van der Waals surface area (Å²) in [7, 11) is 4.09. The molecule has 1 aliphatic carbocycles. The van der Waals surface area contributed by atoms with Crippen LogP contribution in [0.25, 0.3) is 0 Å². The van der Waals surface area contributed by atoms with E-state index >= 15 is 0 Å². The topological polar surface area (TPSA) is 60.1 Å². The summed E-state index contributed by atoms with van der Waals surface area (Å²) in [5.41, 5.74) is 5.16. The van der Waals surface area contributed by atoms with Crippen molar-refractivity contribution >= 4 is 5.82 Å². The zero-order valence-electron chi connectivity index (χ0n) is 15.5. The molecule has 4 rings (SSSR count). The van der Waals surface area contributed by atoms with Crippen molar-refractivity contribution in [3.63, 3.8) is 0 Å². The Balaban J connectivity index is 1.54. The third kappa shape index (κ3) is 3.06. The van der Waals surface area contributed by atoms with Gasteiger partial charge in [-0.25, -0.2) is 0 Å². The van der Waals surface area contributed by atoms with Crippen LogP contribution < -0.4 is 10.2 Å². The maximum absolute atomic E-state index is 5.51. The van der Waals surface area contributed by atoms with E-state index in [9.17, 15) is 0 Å². The number of ether oxygens (including phenoxy) is 1. The first-order chi connectivity index (χ1) is 12.1. The quantitative estimate of drug-likeness (QED) is 0.910. The van der Waals surface area contributed by atoms with Crippen LogP contribution in [0.1, 0.15) is 41.4 Å². The third-order valence-corrected chi connectivity index (χ3v) is 5.52. The molecule has 1 unspecified atom stereocenters. The van der Waals surface area contributed by atoms with Gasteiger partial charge in [-0.3, -0.25) is 9.36 Å². The van der Waals surface area contributed by atoms with Gasteiger partial charge in [0.05, 0.1) is 25.1 Å². The second-order valence-corrected chi connectivity index (χ2v) is 7.11. The summed E-state index contributed by atoms with van der Waals surface area (Å²) in [4.78, 5) is 2.40. The fraction of sp³-hybridized carbons (Fsp3) is 0.667. The lowest BCUT2D eigenvalue weighted by atomic mass is 9.93. The minimum Gasteiger partial charge on any atom is -0.378 e. The smallest absolute Gasteiger partial charge is 0.131 e. The highest BCUT2D eigenvalue weighted by atomic mass is 16.5. The summed E-state index contributed by atoms with van der Waals surface area (Å²) in [5.74, 6) is 1.23. The van der Waals surface area contributed by atoms with Crippen molar-refractivity contribution in [2.75, 3.05) is 31.2 Å². The summed E-state index contributed by atoms with van der Waals surface area (Å²) in [5, 5.41) is 12.9. The lowest BCUT2D eigenvalue weighted by molar-refractivity contribution is 0.122. The van der Waals surface area contributed by atoms with Crippen LogP contribution in [0.4, 0.5) is 5.82 Å². The van der Waals surface area contributed by atoms with Gasteiger partial charge in [0.1, 0.15) is 5.82 Å². The van der Waals surface area contributed by atoms with E-state index in [1.165, 1.54) is 35.5 Å². The molecule has 2 aliphatic rings. The van der Waals surface area contributed by atoms with Gasteiger partial charge in [0.25, 0.3) is 0 Å². The molecule has 0 radical (unpaired) electrons. The van der Waals surface area contributed by atoms with Crippen LogP contribution in [0.15, 0.2) is 6.20 Å². The SMILES string of the molecule is Cc1nn(C)c(N2CCOCC2)c1CNC1CCCc2c1cnn2C. The summed E-state index contributed by atoms with van der Waals surface area (Å²) in [6.07, 6.45) is 5.55. The molecular weight excluding hydrogens is 316 g/mol. The van der Waals surface area contributed by atoms with Gasteiger partial charge in [-0.2, -0.15) is 10.2 Å². The summed E-state index contributed by atoms with van der Waals surface area (Å²) in [6, 6.07) is 0.384. The minimum atomic E-state index is 0.384. The largest absolute Gasteiger partial charge is 0.378 e. The number of aryl methyl sites for hydroxylation is 3. The van der Waals surface area contributed by atoms with E-state index in [2.05, 4.69) is 27.3 Å². The highest BCUT2D eigenvalue weighted by molar-refractivity contribution is 5.50. The second-order valence-electron chi connectivity index (χ2n) is 7.11. The molecule has 136 valence electrons. The summed E-state index contributed by atoms with van der Waals surface area (Å²) in [6.45, 7) is 6.39. The van der Waals surface area contributed by atoms with Gasteiger partial charge >= 0.3 is 0 Å². The maximum Gasteiger partial charge on any atom is 0.131 e. The van der Waals surface area contributed by atoms with E-state index < -0.39 is 0 Å². The Morgan fingerprint density at radius 3 is 2.84 bits per heavy atom. The Bertz CT molecular complexity index is 743. The molecule has 1 atom stereocenters. The molecule has 1 fully saturated rings. The van der Waals surface area contributed by atoms with Crippen LogP contribution in [0.2, 0.25) is 0 Å². The van der Waals surface area contributed by atoms with Gasteiger partial charge in [0.15, 0.2) is 0 Å². The van der Waals surface area contributed by atoms with Crippen LogP contribution >= 0.6 is 0 Å². The van der Waals surface area contributed by atoms with Crippen molar-refractivity contribution < 1.29 is 4.74 Å². The van der Waals surface area contributed by atoms with E-state index in [4.69, 9.17) is 4.74 Å². The van der Waals surface area contributed by atoms with Crippen LogP contribution in [0.3, 0.4) is 0 Å². The van der Waals surface area contributed by atoms with Gasteiger partial charge in [-0.1, -0.05) is 0 Å². The van der Waals surface area contributed by atoms with E-state index in [0.29, 0.717) is 6.04 Å². The van der Waals surface area contributed by atoms with Crippen molar-refractivity contribution in [3.05, 3.63) is 28.7 Å². The van der Waals surface area contributed by atoms with Crippen molar-refractivity contribution in [2.24, 2.45) is 14.1 Å². The van der Waals surface area contributed by atoms with Gasteiger partial charge in [0.2, 0.25) is 0 Å². The van der Waals surface area contributed by atoms with E-state index in [1.54, 1.807) is 0 Å². The van der Waals surface area contributed by atoms with Gasteiger partial charge in [0, 0.05) is 56.6 Å². The predicted octanol–water partition coefficient (Wildman–Crippen LogP) is 1.47. The number of nitrogens with zero attached hydrogens (tertiary/aromatic N) is 5. The number of morpholine rings is 1. The highest BCUT2D eigenvalue weighted by Gasteiger charge is 2.25. The zero-order chi connectivity index (χ0) is 17.4. The first kappa shape index (κ1) is 16.6. The average molecular weight is 344 g/mol. The molecule has 25 heavy (non-hydrogen) atoms. The molecule has 3 heterocycles. The fourth-order valence-electron chi connectivity index (χ4n) is 4.21. The van der Waals surface area contributed by atoms with E-state index in [-0.39, 0.29) is 0 Å². The molecule has 1 N–H and O–H groups in total. The number of anilines is 1. The van der Waals surface area contributed by atoms with E-state index in [1.807, 2.05) is 29.7 Å². The normalized spacial score (nSPS) is 20.8. The molecule has 7 heteroatoms. The lowest BCUT2D eigenvalue weighted by Gasteiger charge is -2.30. The Morgan fingerprint density at radius 2 is 2.04 bits per heavy atom. The van der Waals surface area contributed by atoms with Crippen molar-refractivity contribution in [3.8, 4) is 0 Å². The van der Waals surface area contributed by atoms with Gasteiger partial charge < -0.3 is 15.0 Å². The molecule has 0 aromatic carbocycles. The van der Waals surface area contributed by atoms with Crippen LogP contribution in [-0.2, 0) is 31.8 Å². The average Bonchev–Trinajstić information content (AvgIpc) is 3.14. The second kappa shape index (κ2) is 6.80. The number of hydrogen-bond donors (Lipinski definition) is 1. The molecule has 7 nitrogen and oxygen atoms in total. The monoisotopic (exact) mass is 344 g/mol. The summed E-state index contributed by atoms with van der Waals surface area (Å²) < 4.78 is 9.56. The molecule has 0 saturated carbocycles. The Labute approximate surface area is 148 Å². The fourth-order valence-corrected chi connectivity index (χ4v) is 4.21. The van der Waals surface area contributed by atoms with Crippen molar-refractivity contribution in [2.45, 2.75) is 38.8 Å². The first-order valence-corrected chi connectivity index (χ1v) is 9.24. The van der Waals surface area contributed by atoms with Crippen LogP contribution in [0, 0.1) is 6.92 Å². The number of hydrogen-bond acceptors (Lipinski definition) is 5. The first-order valence-electron chi connectivity index (χ1n) is 9.24. The summed E-state index contributed by atoms with van der Waals surface area (Å²) >= 11 is 0. The molecule has 1 saturated heterocycles. The maximum atomic E-state index is 5.51. The number of fused-ring (bicyclic) bond motifs is 1. The molecule has 2 aromatic rings.